The summed E-state index contributed by atoms with van der Waals surface area (Å²) in [5.41, 5.74) is 1.77. The monoisotopic (exact) mass is 497 g/mol. The number of benzene rings is 2. The molecule has 1 N–H and O–H groups in total. The van der Waals surface area contributed by atoms with Gasteiger partial charge >= 0.3 is 6.09 Å². The van der Waals surface area contributed by atoms with Crippen LogP contribution in [0.25, 0.3) is 11.3 Å². The van der Waals surface area contributed by atoms with Crippen LogP contribution in [0.15, 0.2) is 59.5 Å². The predicted octanol–water partition coefficient (Wildman–Crippen LogP) is 4.73. The molecule has 0 fully saturated rings. The lowest BCUT2D eigenvalue weighted by Crippen LogP contribution is -2.34. The molecule has 3 rings (SSSR count). The van der Waals surface area contributed by atoms with Crippen LogP contribution in [-0.2, 0) is 21.3 Å². The number of oxazole rings is 1. The van der Waals surface area contributed by atoms with Gasteiger partial charge in [0.15, 0.2) is 12.2 Å². The van der Waals surface area contributed by atoms with Gasteiger partial charge in [0.1, 0.15) is 0 Å². The number of ether oxygens (including phenoxy) is 1. The fraction of sp³-hybridized carbons (Fsp3) is 0.238. The number of hydrogen-bond donors (Lipinski definition) is 1. The number of carbonyl (C=O) groups excluding carboxylic acids is 1. The summed E-state index contributed by atoms with van der Waals surface area (Å²) in [6.45, 7) is 0.149. The Balaban J connectivity index is 1.86. The van der Waals surface area contributed by atoms with Crippen LogP contribution >= 0.6 is 23.2 Å². The van der Waals surface area contributed by atoms with Gasteiger partial charge in [-0.25, -0.2) is 18.2 Å². The van der Waals surface area contributed by atoms with Gasteiger partial charge in [-0.3, -0.25) is 4.31 Å². The zero-order valence-corrected chi connectivity index (χ0v) is 19.5. The van der Waals surface area contributed by atoms with Gasteiger partial charge in [-0.05, 0) is 42.3 Å². The van der Waals surface area contributed by atoms with E-state index in [1.54, 1.807) is 48.7 Å². The van der Waals surface area contributed by atoms with Gasteiger partial charge in [-0.1, -0.05) is 35.3 Å². The molecule has 170 valence electrons. The van der Waals surface area contributed by atoms with Crippen LogP contribution in [0.3, 0.4) is 0 Å². The van der Waals surface area contributed by atoms with Crippen molar-refractivity contribution in [2.75, 3.05) is 23.7 Å². The Labute approximate surface area is 196 Å². The van der Waals surface area contributed by atoms with E-state index >= 15 is 0 Å². The Morgan fingerprint density at radius 1 is 1.19 bits per heavy atom. The summed E-state index contributed by atoms with van der Waals surface area (Å²) in [6, 6.07) is 11.9. The number of alkyl carbamates (subject to hydrolysis) is 1. The maximum absolute atomic E-state index is 13.2. The molecule has 8 nitrogen and oxygen atoms in total. The summed E-state index contributed by atoms with van der Waals surface area (Å²) in [5, 5.41) is 3.10. The molecule has 0 spiro atoms. The van der Waals surface area contributed by atoms with Crippen molar-refractivity contribution in [1.82, 2.24) is 10.3 Å². The van der Waals surface area contributed by atoms with Crippen LogP contribution in [-0.4, -0.2) is 38.9 Å². The smallest absolute Gasteiger partial charge is 0.406 e. The molecule has 1 amide bonds. The number of sulfonamides is 1. The topological polar surface area (TPSA) is 102 Å². The van der Waals surface area contributed by atoms with E-state index in [2.05, 4.69) is 15.0 Å². The predicted molar refractivity (Wildman–Crippen MR) is 123 cm³/mol. The number of nitrogens with one attached hydrogen (secondary N) is 1. The maximum atomic E-state index is 13.2. The Morgan fingerprint density at radius 2 is 1.94 bits per heavy atom. The second-order valence-corrected chi connectivity index (χ2v) is 9.52. The number of nitrogens with zero attached hydrogens (tertiary/aromatic N) is 2. The van der Waals surface area contributed by atoms with Gasteiger partial charge in [-0.2, -0.15) is 0 Å². The molecule has 0 aliphatic heterocycles. The summed E-state index contributed by atoms with van der Waals surface area (Å²) in [5.74, 6) is 0.372. The molecule has 0 radical (unpaired) electrons. The molecular formula is C21H21Cl2N3O5S. The number of anilines is 1. The molecule has 0 bridgehead atoms. The van der Waals surface area contributed by atoms with E-state index in [9.17, 15) is 13.2 Å². The molecule has 1 aromatic heterocycles. The molecule has 0 atom stereocenters. The van der Waals surface area contributed by atoms with Crippen LogP contribution in [0.1, 0.15) is 12.0 Å². The van der Waals surface area contributed by atoms with Gasteiger partial charge in [0.2, 0.25) is 10.0 Å². The van der Waals surface area contributed by atoms with Crippen molar-refractivity contribution in [2.24, 2.45) is 0 Å². The molecule has 2 aromatic carbocycles. The lowest BCUT2D eigenvalue weighted by molar-refractivity contribution is 0.171. The Bertz CT molecular complexity index is 1150. The highest BCUT2D eigenvalue weighted by molar-refractivity contribution is 7.92. The summed E-state index contributed by atoms with van der Waals surface area (Å²) in [6.07, 6.45) is 2.48. The van der Waals surface area contributed by atoms with Crippen LogP contribution in [0, 0.1) is 0 Å². The van der Waals surface area contributed by atoms with E-state index in [-0.39, 0.29) is 25.3 Å². The molecule has 0 saturated carbocycles. The number of amides is 1. The fourth-order valence-electron chi connectivity index (χ4n) is 2.95. The summed E-state index contributed by atoms with van der Waals surface area (Å²) < 4.78 is 37.5. The van der Waals surface area contributed by atoms with Crippen molar-refractivity contribution in [3.8, 4) is 11.3 Å². The number of hydrogen-bond acceptors (Lipinski definition) is 6. The van der Waals surface area contributed by atoms with E-state index in [1.165, 1.54) is 17.8 Å². The van der Waals surface area contributed by atoms with E-state index in [1.807, 2.05) is 0 Å². The van der Waals surface area contributed by atoms with Gasteiger partial charge in [0.05, 0.1) is 41.3 Å². The van der Waals surface area contributed by atoms with Crippen LogP contribution in [0.4, 0.5) is 10.5 Å². The molecule has 0 unspecified atom stereocenters. The van der Waals surface area contributed by atoms with Gasteiger partial charge in [0, 0.05) is 12.1 Å². The van der Waals surface area contributed by atoms with E-state index in [0.717, 1.165) is 5.56 Å². The Morgan fingerprint density at radius 3 is 2.59 bits per heavy atom. The molecular weight excluding hydrogens is 477 g/mol. The number of halogens is 2. The normalized spacial score (nSPS) is 11.2. The SMILES string of the molecule is COC(=O)NCCCS(=O)(=O)N(Cc1cccc(Cl)c1Cl)c1ccc(-c2cnco2)cc1. The largest absolute Gasteiger partial charge is 0.453 e. The third-order valence-corrected chi connectivity index (χ3v) is 7.26. The van der Waals surface area contributed by atoms with E-state index in [4.69, 9.17) is 27.6 Å². The van der Waals surface area contributed by atoms with Crippen molar-refractivity contribution in [1.29, 1.82) is 0 Å². The number of aromatic nitrogens is 1. The highest BCUT2D eigenvalue weighted by Crippen LogP contribution is 2.30. The molecule has 1 heterocycles. The highest BCUT2D eigenvalue weighted by atomic mass is 35.5. The third kappa shape index (κ3) is 5.93. The molecule has 32 heavy (non-hydrogen) atoms. The summed E-state index contributed by atoms with van der Waals surface area (Å²) in [7, 11) is -2.53. The first kappa shape index (κ1) is 23.9. The molecule has 11 heteroatoms. The molecule has 0 aliphatic carbocycles. The van der Waals surface area contributed by atoms with Crippen molar-refractivity contribution in [3.63, 3.8) is 0 Å². The summed E-state index contributed by atoms with van der Waals surface area (Å²) in [4.78, 5) is 15.1. The van der Waals surface area contributed by atoms with Crippen LogP contribution < -0.4 is 9.62 Å². The standard InChI is InChI=1S/C21H21Cl2N3O5S/c1-30-21(27)25-10-3-11-32(28,29)26(13-16-4-2-5-18(22)20(16)23)17-8-6-15(7-9-17)19-12-24-14-31-19/h2,4-9,12,14H,3,10-11,13H2,1H3,(H,25,27). The van der Waals surface area contributed by atoms with Crippen LogP contribution in [0.2, 0.25) is 10.0 Å². The third-order valence-electron chi connectivity index (χ3n) is 4.59. The summed E-state index contributed by atoms with van der Waals surface area (Å²) >= 11 is 12.4. The average Bonchev–Trinajstić information content (AvgIpc) is 3.32. The van der Waals surface area contributed by atoms with Gasteiger partial charge < -0.3 is 14.5 Å². The van der Waals surface area contributed by atoms with Crippen molar-refractivity contribution in [2.45, 2.75) is 13.0 Å². The Kier molecular flexibility index (Phi) is 8.00. The van der Waals surface area contributed by atoms with Crippen molar-refractivity contribution in [3.05, 3.63) is 70.7 Å². The fourth-order valence-corrected chi connectivity index (χ4v) is 4.84. The number of carbonyl (C=O) groups is 1. The van der Waals surface area contributed by atoms with Crippen molar-refractivity contribution < 1.29 is 22.4 Å². The lowest BCUT2D eigenvalue weighted by Gasteiger charge is -2.25. The number of methoxy groups -OCH3 is 1. The second-order valence-electron chi connectivity index (χ2n) is 6.72. The van der Waals surface area contributed by atoms with Crippen molar-refractivity contribution >= 4 is 45.0 Å². The second kappa shape index (κ2) is 10.7. The van der Waals surface area contributed by atoms with Gasteiger partial charge in [0.25, 0.3) is 0 Å². The zero-order chi connectivity index (χ0) is 23.1. The minimum absolute atomic E-state index is 0.00614. The average molecular weight is 498 g/mol. The number of rotatable bonds is 9. The minimum atomic E-state index is -3.77. The first-order valence-corrected chi connectivity index (χ1v) is 11.9. The lowest BCUT2D eigenvalue weighted by atomic mass is 10.1. The van der Waals surface area contributed by atoms with E-state index in [0.29, 0.717) is 27.1 Å². The highest BCUT2D eigenvalue weighted by Gasteiger charge is 2.24. The van der Waals surface area contributed by atoms with E-state index < -0.39 is 16.1 Å². The molecule has 0 saturated heterocycles. The maximum Gasteiger partial charge on any atom is 0.406 e. The quantitative estimate of drug-likeness (QED) is 0.428. The molecule has 0 aliphatic rings. The van der Waals surface area contributed by atoms with Gasteiger partial charge in [-0.15, -0.1) is 0 Å². The Hall–Kier alpha value is -2.75. The first-order valence-electron chi connectivity index (χ1n) is 9.56. The zero-order valence-electron chi connectivity index (χ0n) is 17.1. The molecule has 3 aromatic rings. The first-order chi connectivity index (χ1) is 15.3. The van der Waals surface area contributed by atoms with Crippen LogP contribution in [0.5, 0.6) is 0 Å². The minimum Gasteiger partial charge on any atom is -0.453 e.